The van der Waals surface area contributed by atoms with E-state index >= 15 is 0 Å². The summed E-state index contributed by atoms with van der Waals surface area (Å²) in [5, 5.41) is 20.0. The van der Waals surface area contributed by atoms with Gasteiger partial charge in [-0.25, -0.2) is 0 Å². The summed E-state index contributed by atoms with van der Waals surface area (Å²) in [7, 11) is 0. The molecule has 1 N–H and O–H groups in total. The van der Waals surface area contributed by atoms with Crippen molar-refractivity contribution in [1.29, 1.82) is 0 Å². The Morgan fingerprint density at radius 1 is 1.75 bits per heavy atom. The SMILES string of the molecule is C[C@@H](O)C1CN([O-])C1. The van der Waals surface area contributed by atoms with Crippen molar-refractivity contribution in [3.8, 4) is 0 Å². The summed E-state index contributed by atoms with van der Waals surface area (Å²) in [5.74, 6) is 0.229. The molecule has 1 aliphatic heterocycles. The zero-order valence-corrected chi connectivity index (χ0v) is 4.87. The van der Waals surface area contributed by atoms with Crippen molar-refractivity contribution in [3.05, 3.63) is 5.21 Å². The maximum absolute atomic E-state index is 10.2. The molecule has 48 valence electrons. The zero-order valence-electron chi connectivity index (χ0n) is 4.87. The van der Waals surface area contributed by atoms with E-state index in [4.69, 9.17) is 5.11 Å². The lowest BCUT2D eigenvalue weighted by atomic mass is 9.97. The number of aliphatic hydroxyl groups is 1. The van der Waals surface area contributed by atoms with E-state index < -0.39 is 0 Å². The van der Waals surface area contributed by atoms with Gasteiger partial charge in [0, 0.05) is 5.92 Å². The number of aliphatic hydroxyl groups excluding tert-OH is 1. The maximum Gasteiger partial charge on any atom is 0.0564 e. The van der Waals surface area contributed by atoms with Crippen LogP contribution in [-0.2, 0) is 0 Å². The Kier molecular flexibility index (Phi) is 1.51. The standard InChI is InChI=1S/C5H10NO2/c1-4(7)5-2-6(8)3-5/h4-5,7H,2-3H2,1H3/q-1/t4-/m1/s1. The molecule has 0 unspecified atom stereocenters. The number of nitrogens with zero attached hydrogens (tertiary/aromatic N) is 1. The highest BCUT2D eigenvalue weighted by Gasteiger charge is 2.23. The molecule has 3 nitrogen and oxygen atoms in total. The van der Waals surface area contributed by atoms with Crippen molar-refractivity contribution in [2.24, 2.45) is 5.92 Å². The van der Waals surface area contributed by atoms with Crippen LogP contribution in [0.25, 0.3) is 0 Å². The van der Waals surface area contributed by atoms with Crippen molar-refractivity contribution in [2.45, 2.75) is 13.0 Å². The van der Waals surface area contributed by atoms with Gasteiger partial charge in [-0.05, 0) is 20.0 Å². The lowest BCUT2D eigenvalue weighted by molar-refractivity contribution is 0.0325. The van der Waals surface area contributed by atoms with Gasteiger partial charge < -0.3 is 15.4 Å². The molecule has 0 aliphatic carbocycles. The molecule has 3 heteroatoms. The number of hydrogen-bond donors (Lipinski definition) is 1. The molecule has 1 fully saturated rings. The summed E-state index contributed by atoms with van der Waals surface area (Å²) < 4.78 is 0. The Balaban J connectivity index is 2.15. The Morgan fingerprint density at radius 3 is 2.38 bits per heavy atom. The van der Waals surface area contributed by atoms with Crippen LogP contribution >= 0.6 is 0 Å². The molecule has 1 atom stereocenters. The van der Waals surface area contributed by atoms with Crippen molar-refractivity contribution < 1.29 is 5.11 Å². The molecule has 0 amide bonds. The van der Waals surface area contributed by atoms with Gasteiger partial charge in [0.15, 0.2) is 0 Å². The van der Waals surface area contributed by atoms with Crippen LogP contribution in [0.5, 0.6) is 0 Å². The molecular formula is C5H10NO2-. The fraction of sp³-hybridized carbons (Fsp3) is 1.00. The second kappa shape index (κ2) is 2.01. The van der Waals surface area contributed by atoms with Crippen LogP contribution in [0.15, 0.2) is 0 Å². The van der Waals surface area contributed by atoms with Gasteiger partial charge in [0.2, 0.25) is 0 Å². The average molecular weight is 116 g/mol. The highest BCUT2D eigenvalue weighted by molar-refractivity contribution is 4.82. The summed E-state index contributed by atoms with van der Waals surface area (Å²) in [6, 6.07) is 0. The third-order valence-electron chi connectivity index (χ3n) is 1.56. The molecule has 0 spiro atoms. The molecule has 1 heterocycles. The van der Waals surface area contributed by atoms with Gasteiger partial charge in [0.25, 0.3) is 0 Å². The lowest BCUT2D eigenvalue weighted by Crippen LogP contribution is -2.47. The molecule has 1 saturated heterocycles. The molecule has 0 aromatic rings. The quantitative estimate of drug-likeness (QED) is 0.516. The third kappa shape index (κ3) is 0.992. The van der Waals surface area contributed by atoms with Crippen molar-refractivity contribution in [3.63, 3.8) is 0 Å². The molecule has 1 aliphatic rings. The van der Waals surface area contributed by atoms with Gasteiger partial charge in [-0.3, -0.25) is 0 Å². The first kappa shape index (κ1) is 6.01. The lowest BCUT2D eigenvalue weighted by Gasteiger charge is -2.45. The van der Waals surface area contributed by atoms with Crippen molar-refractivity contribution >= 4 is 0 Å². The van der Waals surface area contributed by atoms with Crippen molar-refractivity contribution in [1.82, 2.24) is 5.06 Å². The minimum absolute atomic E-state index is 0.229. The summed E-state index contributed by atoms with van der Waals surface area (Å²) >= 11 is 0. The van der Waals surface area contributed by atoms with Crippen LogP contribution in [-0.4, -0.2) is 29.4 Å². The molecular weight excluding hydrogens is 106 g/mol. The van der Waals surface area contributed by atoms with Gasteiger partial charge in [-0.15, -0.1) is 0 Å². The first-order valence-corrected chi connectivity index (χ1v) is 2.80. The minimum atomic E-state index is -0.305. The normalized spacial score (nSPS) is 27.4. The largest absolute Gasteiger partial charge is 0.785 e. The monoisotopic (exact) mass is 116 g/mol. The number of hydrogen-bond acceptors (Lipinski definition) is 3. The molecule has 8 heavy (non-hydrogen) atoms. The average Bonchev–Trinajstić information content (AvgIpc) is 1.57. The fourth-order valence-electron chi connectivity index (χ4n) is 0.775. The van der Waals surface area contributed by atoms with Gasteiger partial charge in [-0.1, -0.05) is 0 Å². The third-order valence-corrected chi connectivity index (χ3v) is 1.56. The van der Waals surface area contributed by atoms with Gasteiger partial charge in [-0.2, -0.15) is 0 Å². The van der Waals surface area contributed by atoms with E-state index in [1.807, 2.05) is 0 Å². The molecule has 0 aromatic carbocycles. The second-order valence-corrected chi connectivity index (χ2v) is 2.35. The van der Waals surface area contributed by atoms with Crippen LogP contribution in [0.1, 0.15) is 6.92 Å². The van der Waals surface area contributed by atoms with E-state index in [9.17, 15) is 5.21 Å². The predicted octanol–water partition coefficient (Wildman–Crippen LogP) is -0.203. The van der Waals surface area contributed by atoms with E-state index in [-0.39, 0.29) is 12.0 Å². The molecule has 0 bridgehead atoms. The van der Waals surface area contributed by atoms with E-state index in [1.54, 1.807) is 6.92 Å². The van der Waals surface area contributed by atoms with E-state index in [0.717, 1.165) is 5.06 Å². The summed E-state index contributed by atoms with van der Waals surface area (Å²) in [5.41, 5.74) is 0. The first-order valence-electron chi connectivity index (χ1n) is 2.80. The van der Waals surface area contributed by atoms with Gasteiger partial charge >= 0.3 is 0 Å². The second-order valence-electron chi connectivity index (χ2n) is 2.35. The number of hydroxylamine groups is 2. The Labute approximate surface area is 48.5 Å². The topological polar surface area (TPSA) is 46.5 Å². The first-order chi connectivity index (χ1) is 3.70. The number of rotatable bonds is 1. The Morgan fingerprint density at radius 2 is 2.25 bits per heavy atom. The highest BCUT2D eigenvalue weighted by Crippen LogP contribution is 2.16. The van der Waals surface area contributed by atoms with Crippen LogP contribution < -0.4 is 0 Å². The summed E-state index contributed by atoms with van der Waals surface area (Å²) in [6.07, 6.45) is -0.305. The van der Waals surface area contributed by atoms with Crippen LogP contribution in [0, 0.1) is 11.1 Å². The minimum Gasteiger partial charge on any atom is -0.785 e. The molecule has 0 saturated carbocycles. The maximum atomic E-state index is 10.2. The van der Waals surface area contributed by atoms with E-state index in [1.165, 1.54) is 0 Å². The predicted molar refractivity (Wildman–Crippen MR) is 30.1 cm³/mol. The van der Waals surface area contributed by atoms with Gasteiger partial charge in [0.05, 0.1) is 6.10 Å². The fourth-order valence-corrected chi connectivity index (χ4v) is 0.775. The van der Waals surface area contributed by atoms with Crippen molar-refractivity contribution in [2.75, 3.05) is 13.1 Å². The summed E-state index contributed by atoms with van der Waals surface area (Å²) in [6.45, 7) is 2.74. The van der Waals surface area contributed by atoms with Gasteiger partial charge in [0.1, 0.15) is 0 Å². The smallest absolute Gasteiger partial charge is 0.0564 e. The van der Waals surface area contributed by atoms with E-state index in [2.05, 4.69) is 0 Å². The van der Waals surface area contributed by atoms with Crippen LogP contribution in [0.4, 0.5) is 0 Å². The molecule has 1 rings (SSSR count). The zero-order chi connectivity index (χ0) is 6.15. The Hall–Kier alpha value is -0.120. The summed E-state index contributed by atoms with van der Waals surface area (Å²) in [4.78, 5) is 0. The van der Waals surface area contributed by atoms with Crippen LogP contribution in [0.2, 0.25) is 0 Å². The highest BCUT2D eigenvalue weighted by atomic mass is 16.5. The Bertz CT molecular complexity index is 78.5. The van der Waals surface area contributed by atoms with Crippen LogP contribution in [0.3, 0.4) is 0 Å². The van der Waals surface area contributed by atoms with E-state index in [0.29, 0.717) is 13.1 Å². The molecule has 0 radical (unpaired) electrons. The molecule has 0 aromatic heterocycles.